The minimum Gasteiger partial charge on any atom is -0.497 e. The molecular formula is C28H31ClF3N3O3. The van der Waals surface area contributed by atoms with E-state index in [4.69, 9.17) is 16.3 Å². The van der Waals surface area contributed by atoms with E-state index in [-0.39, 0.29) is 12.0 Å². The molecule has 0 atom stereocenters. The van der Waals surface area contributed by atoms with Crippen molar-refractivity contribution in [3.63, 3.8) is 0 Å². The molecule has 0 unspecified atom stereocenters. The topological polar surface area (TPSA) is 74.7 Å². The Morgan fingerprint density at radius 3 is 2.63 bits per heavy atom. The van der Waals surface area contributed by atoms with Gasteiger partial charge in [0.15, 0.2) is 11.6 Å². The first kappa shape index (κ1) is 28.1. The largest absolute Gasteiger partial charge is 0.497 e. The van der Waals surface area contributed by atoms with Crippen LogP contribution < -0.4 is 10.2 Å². The molecule has 0 spiro atoms. The third-order valence-corrected chi connectivity index (χ3v) is 7.93. The van der Waals surface area contributed by atoms with E-state index >= 15 is 0 Å². The van der Waals surface area contributed by atoms with Crippen LogP contribution in [0.15, 0.2) is 36.5 Å². The zero-order valence-electron chi connectivity index (χ0n) is 21.2. The van der Waals surface area contributed by atoms with Gasteiger partial charge in [0, 0.05) is 17.6 Å². The minimum atomic E-state index is -1.18. The summed E-state index contributed by atoms with van der Waals surface area (Å²) in [7, 11) is 1.60. The lowest BCUT2D eigenvalue weighted by molar-refractivity contribution is -0.143. The summed E-state index contributed by atoms with van der Waals surface area (Å²) < 4.78 is 46.2. The first-order chi connectivity index (χ1) is 18.3. The second kappa shape index (κ2) is 12.3. The van der Waals surface area contributed by atoms with Crippen LogP contribution in [0.3, 0.4) is 0 Å². The number of methoxy groups -OCH3 is 1. The lowest BCUT2D eigenvalue weighted by Crippen LogP contribution is -2.48. The molecule has 0 bridgehead atoms. The number of fused-ring (bicyclic) bond motifs is 1. The maximum absolute atomic E-state index is 13.9. The number of hydroxylamine groups is 1. The quantitative estimate of drug-likeness (QED) is 0.188. The summed E-state index contributed by atoms with van der Waals surface area (Å²) in [5, 5.41) is 10.9. The van der Waals surface area contributed by atoms with Crippen molar-refractivity contribution in [1.82, 2.24) is 15.4 Å². The Morgan fingerprint density at radius 2 is 1.92 bits per heavy atom. The normalized spacial score (nSPS) is 15.5. The van der Waals surface area contributed by atoms with Crippen molar-refractivity contribution in [2.45, 2.75) is 44.9 Å². The molecule has 2 heterocycles. The van der Waals surface area contributed by atoms with Crippen molar-refractivity contribution in [3.05, 3.63) is 70.1 Å². The highest BCUT2D eigenvalue weighted by Crippen LogP contribution is 2.38. The Hall–Kier alpha value is -2.88. The summed E-state index contributed by atoms with van der Waals surface area (Å²) in [6, 6.07) is 7.19. The van der Waals surface area contributed by atoms with E-state index in [1.807, 2.05) is 23.7 Å². The molecule has 1 fully saturated rings. The highest BCUT2D eigenvalue weighted by atomic mass is 35.5. The van der Waals surface area contributed by atoms with Crippen LogP contribution in [-0.4, -0.2) is 47.7 Å². The number of carbonyl (C=O) groups excluding carboxylic acids is 1. The van der Waals surface area contributed by atoms with Crippen molar-refractivity contribution in [2.24, 2.45) is 5.41 Å². The number of aromatic nitrogens is 1. The zero-order chi connectivity index (χ0) is 27.3. The summed E-state index contributed by atoms with van der Waals surface area (Å²) in [5.74, 6) is -2.68. The molecular weight excluding hydrogens is 519 g/mol. The molecule has 1 saturated heterocycles. The fourth-order valence-corrected chi connectivity index (χ4v) is 5.63. The van der Waals surface area contributed by atoms with Gasteiger partial charge in [0.1, 0.15) is 11.6 Å². The number of halogens is 4. The molecule has 0 radical (unpaired) electrons. The van der Waals surface area contributed by atoms with Crippen molar-refractivity contribution >= 4 is 28.4 Å². The van der Waals surface area contributed by atoms with Crippen LogP contribution >= 0.6 is 11.6 Å². The summed E-state index contributed by atoms with van der Waals surface area (Å²) in [4.78, 5) is 19.3. The summed E-state index contributed by atoms with van der Waals surface area (Å²) >= 11 is 6.49. The molecule has 1 aliphatic rings. The van der Waals surface area contributed by atoms with Gasteiger partial charge in [0.2, 0.25) is 5.91 Å². The Labute approximate surface area is 224 Å². The standard InChI is InChI=1S/C28H31ClF3N3O3/c1-38-20-6-7-25-22(16-20)21(23(29)17-33-25)5-2-8-28(27(36)34-37)9-12-35(13-10-28)11-3-4-18-14-19(30)15-24(31)26(18)32/h6-7,14-17,37H,2-5,8-13H2,1H3,(H,34,36). The van der Waals surface area contributed by atoms with E-state index in [9.17, 15) is 23.2 Å². The van der Waals surface area contributed by atoms with Crippen LogP contribution in [0.1, 0.15) is 43.2 Å². The molecule has 0 aliphatic carbocycles. The monoisotopic (exact) mass is 549 g/mol. The van der Waals surface area contributed by atoms with Gasteiger partial charge in [-0.25, -0.2) is 18.7 Å². The molecule has 1 amide bonds. The number of likely N-dealkylation sites (tertiary alicyclic amines) is 1. The SMILES string of the molecule is COc1ccc2ncc(Cl)c(CCCC3(C(=O)NO)CCN(CCCc4cc(F)cc(F)c4F)CC3)c2c1. The molecule has 38 heavy (non-hydrogen) atoms. The summed E-state index contributed by atoms with van der Waals surface area (Å²) in [5.41, 5.74) is 2.90. The molecule has 3 aromatic rings. The van der Waals surface area contributed by atoms with Gasteiger partial charge in [-0.3, -0.25) is 15.0 Å². The lowest BCUT2D eigenvalue weighted by atomic mass is 9.73. The van der Waals surface area contributed by atoms with Crippen LogP contribution in [0.4, 0.5) is 13.2 Å². The van der Waals surface area contributed by atoms with Gasteiger partial charge in [0.25, 0.3) is 0 Å². The number of hydrogen-bond donors (Lipinski definition) is 2. The molecule has 10 heteroatoms. The maximum atomic E-state index is 13.9. The van der Waals surface area contributed by atoms with E-state index < -0.39 is 28.8 Å². The van der Waals surface area contributed by atoms with E-state index in [0.29, 0.717) is 75.0 Å². The summed E-state index contributed by atoms with van der Waals surface area (Å²) in [6.07, 6.45) is 5.32. The predicted molar refractivity (Wildman–Crippen MR) is 139 cm³/mol. The molecule has 0 saturated carbocycles. The smallest absolute Gasteiger partial charge is 0.249 e. The van der Waals surface area contributed by atoms with Gasteiger partial charge in [0.05, 0.1) is 23.1 Å². The highest BCUT2D eigenvalue weighted by molar-refractivity contribution is 6.32. The van der Waals surface area contributed by atoms with Gasteiger partial charge in [-0.1, -0.05) is 11.6 Å². The molecule has 6 nitrogen and oxygen atoms in total. The molecule has 204 valence electrons. The van der Waals surface area contributed by atoms with Gasteiger partial charge in [-0.05, 0) is 100.0 Å². The number of rotatable bonds is 10. The maximum Gasteiger partial charge on any atom is 0.249 e. The van der Waals surface area contributed by atoms with E-state index in [0.717, 1.165) is 22.5 Å². The van der Waals surface area contributed by atoms with Crippen molar-refractivity contribution in [1.29, 1.82) is 0 Å². The number of piperidine rings is 1. The van der Waals surface area contributed by atoms with Crippen LogP contribution in [0.5, 0.6) is 5.75 Å². The van der Waals surface area contributed by atoms with E-state index in [2.05, 4.69) is 9.88 Å². The van der Waals surface area contributed by atoms with Gasteiger partial charge >= 0.3 is 0 Å². The molecule has 1 aromatic heterocycles. The Morgan fingerprint density at radius 1 is 1.16 bits per heavy atom. The fraction of sp³-hybridized carbons (Fsp3) is 0.429. The second-order valence-electron chi connectivity index (χ2n) is 9.85. The van der Waals surface area contributed by atoms with Crippen molar-refractivity contribution < 1.29 is 27.9 Å². The average molecular weight is 550 g/mol. The number of nitrogens with one attached hydrogen (secondary N) is 1. The van der Waals surface area contributed by atoms with Gasteiger partial charge in [-0.15, -0.1) is 0 Å². The minimum absolute atomic E-state index is 0.0217. The number of benzene rings is 2. The van der Waals surface area contributed by atoms with Crippen molar-refractivity contribution in [2.75, 3.05) is 26.7 Å². The summed E-state index contributed by atoms with van der Waals surface area (Å²) in [6.45, 7) is 1.84. The first-order valence-corrected chi connectivity index (χ1v) is 13.1. The molecule has 2 aromatic carbocycles. The number of nitrogens with zero attached hydrogens (tertiary/aromatic N) is 2. The van der Waals surface area contributed by atoms with Crippen LogP contribution in [0, 0.1) is 22.9 Å². The lowest BCUT2D eigenvalue weighted by Gasteiger charge is -2.40. The predicted octanol–water partition coefficient (Wildman–Crippen LogP) is 5.86. The van der Waals surface area contributed by atoms with Crippen molar-refractivity contribution in [3.8, 4) is 5.75 Å². The van der Waals surface area contributed by atoms with E-state index in [1.165, 1.54) is 0 Å². The number of hydrogen-bond acceptors (Lipinski definition) is 5. The molecule has 2 N–H and O–H groups in total. The third kappa shape index (κ3) is 6.22. The number of pyridine rings is 1. The average Bonchev–Trinajstić information content (AvgIpc) is 2.92. The Balaban J connectivity index is 1.36. The number of carbonyl (C=O) groups is 1. The second-order valence-corrected chi connectivity index (χ2v) is 10.3. The Kier molecular flexibility index (Phi) is 9.12. The fourth-order valence-electron chi connectivity index (χ4n) is 5.38. The third-order valence-electron chi connectivity index (χ3n) is 7.60. The molecule has 1 aliphatic heterocycles. The molecule has 4 rings (SSSR count). The number of ether oxygens (including phenoxy) is 1. The zero-order valence-corrected chi connectivity index (χ0v) is 22.0. The number of amides is 1. The highest BCUT2D eigenvalue weighted by Gasteiger charge is 2.40. The van der Waals surface area contributed by atoms with E-state index in [1.54, 1.807) is 13.3 Å². The van der Waals surface area contributed by atoms with Crippen LogP contribution in [-0.2, 0) is 17.6 Å². The number of aryl methyl sites for hydroxylation is 2. The van der Waals surface area contributed by atoms with Gasteiger partial charge in [-0.2, -0.15) is 0 Å². The van der Waals surface area contributed by atoms with Crippen LogP contribution in [0.2, 0.25) is 5.02 Å². The Bertz CT molecular complexity index is 1300. The van der Waals surface area contributed by atoms with Gasteiger partial charge < -0.3 is 9.64 Å². The first-order valence-electron chi connectivity index (χ1n) is 12.7. The van der Waals surface area contributed by atoms with Crippen LogP contribution in [0.25, 0.3) is 10.9 Å².